The van der Waals surface area contributed by atoms with Crippen LogP contribution in [0.3, 0.4) is 0 Å². The molecule has 1 heterocycles. The number of fused-ring (bicyclic) bond motifs is 1. The molecule has 0 aliphatic heterocycles. The van der Waals surface area contributed by atoms with Crippen molar-refractivity contribution < 1.29 is 4.42 Å². The highest BCUT2D eigenvalue weighted by atomic mass is 127. The van der Waals surface area contributed by atoms with Crippen molar-refractivity contribution in [2.75, 3.05) is 0 Å². The lowest BCUT2D eigenvalue weighted by molar-refractivity contribution is 0.555. The first-order valence-corrected chi connectivity index (χ1v) is 7.17. The van der Waals surface area contributed by atoms with Crippen LogP contribution in [0.15, 0.2) is 51.7 Å². The van der Waals surface area contributed by atoms with Crippen LogP contribution >= 0.6 is 34.2 Å². The molecule has 0 amide bonds. The van der Waals surface area contributed by atoms with Gasteiger partial charge in [-0.05, 0) is 58.0 Å². The molecule has 2 aromatic carbocycles. The minimum atomic E-state index is -0.451. The van der Waals surface area contributed by atoms with Crippen LogP contribution in [0.2, 0.25) is 0 Å². The number of oxazole rings is 1. The zero-order chi connectivity index (χ0) is 13.4. The Morgan fingerprint density at radius 2 is 1.95 bits per heavy atom. The summed E-state index contributed by atoms with van der Waals surface area (Å²) in [5.41, 5.74) is 3.13. The smallest absolute Gasteiger partial charge is 0.408 e. The molecule has 0 saturated carbocycles. The molecule has 96 valence electrons. The molecule has 3 rings (SSSR count). The Bertz CT molecular complexity index is 793. The second kappa shape index (κ2) is 5.02. The predicted octanol–water partition coefficient (Wildman–Crippen LogP) is 4.05. The Balaban J connectivity index is 2.05. The second-order valence-electron chi connectivity index (χ2n) is 4.19. The number of aromatic nitrogens is 1. The van der Waals surface area contributed by atoms with Crippen molar-refractivity contribution in [2.45, 2.75) is 5.38 Å². The molecule has 0 aliphatic rings. The van der Waals surface area contributed by atoms with Gasteiger partial charge in [-0.25, -0.2) is 4.79 Å². The van der Waals surface area contributed by atoms with Crippen molar-refractivity contribution >= 4 is 45.3 Å². The molecule has 19 heavy (non-hydrogen) atoms. The number of hydrogen-bond acceptors (Lipinski definition) is 2. The quantitative estimate of drug-likeness (QED) is 0.534. The predicted molar refractivity (Wildman–Crippen MR) is 83.7 cm³/mol. The van der Waals surface area contributed by atoms with Crippen LogP contribution in [0.4, 0.5) is 0 Å². The molecule has 0 bridgehead atoms. The summed E-state index contributed by atoms with van der Waals surface area (Å²) in [7, 11) is 0. The average molecular weight is 386 g/mol. The highest BCUT2D eigenvalue weighted by Crippen LogP contribution is 2.30. The van der Waals surface area contributed by atoms with Gasteiger partial charge in [0, 0.05) is 3.57 Å². The number of H-pyrrole nitrogens is 1. The number of alkyl halides is 1. The zero-order valence-corrected chi connectivity index (χ0v) is 12.6. The summed E-state index contributed by atoms with van der Waals surface area (Å²) < 4.78 is 6.18. The summed E-state index contributed by atoms with van der Waals surface area (Å²) in [4.78, 5) is 13.7. The SMILES string of the molecule is O=c1[nH]c2ccc(C(Cl)c3cccc(I)c3)cc2o1. The first-order valence-electron chi connectivity index (χ1n) is 5.66. The molecule has 0 fully saturated rings. The van der Waals surface area contributed by atoms with Gasteiger partial charge in [0.1, 0.15) is 0 Å². The third-order valence-electron chi connectivity index (χ3n) is 2.88. The number of halogens is 2. The summed E-state index contributed by atoms with van der Waals surface area (Å²) in [5.74, 6) is -0.451. The minimum Gasteiger partial charge on any atom is -0.408 e. The van der Waals surface area contributed by atoms with Crippen molar-refractivity contribution in [2.24, 2.45) is 0 Å². The molecular weight excluding hydrogens is 377 g/mol. The molecule has 0 saturated heterocycles. The van der Waals surface area contributed by atoms with E-state index in [9.17, 15) is 4.79 Å². The number of aromatic amines is 1. The van der Waals surface area contributed by atoms with E-state index in [4.69, 9.17) is 16.0 Å². The fraction of sp³-hybridized carbons (Fsp3) is 0.0714. The van der Waals surface area contributed by atoms with Gasteiger partial charge in [0.25, 0.3) is 0 Å². The summed E-state index contributed by atoms with van der Waals surface area (Å²) in [5, 5.41) is -0.265. The van der Waals surface area contributed by atoms with E-state index in [1.54, 1.807) is 12.1 Å². The molecule has 3 nitrogen and oxygen atoms in total. The van der Waals surface area contributed by atoms with Crippen LogP contribution in [0.5, 0.6) is 0 Å². The van der Waals surface area contributed by atoms with Crippen molar-refractivity contribution in [3.63, 3.8) is 0 Å². The topological polar surface area (TPSA) is 46.0 Å². The van der Waals surface area contributed by atoms with Crippen molar-refractivity contribution in [3.8, 4) is 0 Å². The number of nitrogens with one attached hydrogen (secondary N) is 1. The molecule has 1 aromatic heterocycles. The lowest BCUT2D eigenvalue weighted by Crippen LogP contribution is -1.93. The van der Waals surface area contributed by atoms with Crippen LogP contribution in [0.25, 0.3) is 11.1 Å². The molecule has 0 aliphatic carbocycles. The summed E-state index contributed by atoms with van der Waals surface area (Å²) in [6, 6.07) is 13.5. The molecule has 0 spiro atoms. The van der Waals surface area contributed by atoms with Crippen LogP contribution in [0.1, 0.15) is 16.5 Å². The van der Waals surface area contributed by atoms with Gasteiger partial charge < -0.3 is 4.42 Å². The summed E-state index contributed by atoms with van der Waals surface area (Å²) in [6.07, 6.45) is 0. The second-order valence-corrected chi connectivity index (χ2v) is 5.87. The molecule has 1 atom stereocenters. The van der Waals surface area contributed by atoms with Gasteiger partial charge in [0.2, 0.25) is 0 Å². The Morgan fingerprint density at radius 3 is 2.74 bits per heavy atom. The van der Waals surface area contributed by atoms with Gasteiger partial charge in [-0.3, -0.25) is 4.98 Å². The minimum absolute atomic E-state index is 0.265. The fourth-order valence-corrected chi connectivity index (χ4v) is 2.81. The lowest BCUT2D eigenvalue weighted by Gasteiger charge is -2.10. The standard InChI is InChI=1S/C14H9ClINO2/c15-13(8-2-1-3-10(16)6-8)9-4-5-11-12(7-9)19-14(18)17-11/h1-7,13H,(H,17,18). The van der Waals surface area contributed by atoms with Crippen LogP contribution < -0.4 is 5.76 Å². The number of hydrogen-bond donors (Lipinski definition) is 1. The summed E-state index contributed by atoms with van der Waals surface area (Å²) >= 11 is 8.73. The van der Waals surface area contributed by atoms with Gasteiger partial charge in [0.15, 0.2) is 5.58 Å². The van der Waals surface area contributed by atoms with E-state index in [0.29, 0.717) is 11.1 Å². The van der Waals surface area contributed by atoms with Crippen LogP contribution in [-0.4, -0.2) is 4.98 Å². The van der Waals surface area contributed by atoms with E-state index in [1.165, 1.54) is 0 Å². The molecular formula is C14H9ClINO2. The van der Waals surface area contributed by atoms with Gasteiger partial charge in [-0.1, -0.05) is 18.2 Å². The Labute approximate surface area is 127 Å². The summed E-state index contributed by atoms with van der Waals surface area (Å²) in [6.45, 7) is 0. The highest BCUT2D eigenvalue weighted by Gasteiger charge is 2.13. The fourth-order valence-electron chi connectivity index (χ4n) is 1.98. The normalized spacial score (nSPS) is 12.7. The van der Waals surface area contributed by atoms with E-state index in [0.717, 1.165) is 14.7 Å². The third kappa shape index (κ3) is 2.55. The lowest BCUT2D eigenvalue weighted by atomic mass is 10.0. The Kier molecular flexibility index (Phi) is 3.36. The van der Waals surface area contributed by atoms with Crippen molar-refractivity contribution in [1.29, 1.82) is 0 Å². The van der Waals surface area contributed by atoms with E-state index in [1.807, 2.05) is 30.3 Å². The van der Waals surface area contributed by atoms with Crippen molar-refractivity contribution in [1.82, 2.24) is 4.98 Å². The van der Waals surface area contributed by atoms with E-state index < -0.39 is 5.76 Å². The van der Waals surface area contributed by atoms with Gasteiger partial charge in [-0.2, -0.15) is 0 Å². The molecule has 1 N–H and O–H groups in total. The van der Waals surface area contributed by atoms with Crippen LogP contribution in [0, 0.1) is 3.57 Å². The highest BCUT2D eigenvalue weighted by molar-refractivity contribution is 14.1. The maximum absolute atomic E-state index is 11.1. The van der Waals surface area contributed by atoms with E-state index in [-0.39, 0.29) is 5.38 Å². The maximum Gasteiger partial charge on any atom is 0.417 e. The van der Waals surface area contributed by atoms with Crippen molar-refractivity contribution in [3.05, 3.63) is 67.7 Å². The zero-order valence-electron chi connectivity index (χ0n) is 9.69. The largest absolute Gasteiger partial charge is 0.417 e. The van der Waals surface area contributed by atoms with Gasteiger partial charge in [0.05, 0.1) is 10.9 Å². The molecule has 3 aromatic rings. The number of benzene rings is 2. The average Bonchev–Trinajstić information content (AvgIpc) is 2.76. The first-order chi connectivity index (χ1) is 9.13. The molecule has 0 radical (unpaired) electrons. The number of rotatable bonds is 2. The van der Waals surface area contributed by atoms with E-state index >= 15 is 0 Å². The maximum atomic E-state index is 11.1. The Hall–Kier alpha value is -1.27. The Morgan fingerprint density at radius 1 is 1.16 bits per heavy atom. The first kappa shape index (κ1) is 12.7. The monoisotopic (exact) mass is 385 g/mol. The van der Waals surface area contributed by atoms with Gasteiger partial charge >= 0.3 is 5.76 Å². The third-order valence-corrected chi connectivity index (χ3v) is 4.05. The van der Waals surface area contributed by atoms with Crippen LogP contribution in [-0.2, 0) is 0 Å². The van der Waals surface area contributed by atoms with Gasteiger partial charge in [-0.15, -0.1) is 11.6 Å². The van der Waals surface area contributed by atoms with E-state index in [2.05, 4.69) is 27.6 Å². The molecule has 5 heteroatoms. The molecule has 1 unspecified atom stereocenters.